The van der Waals surface area contributed by atoms with Crippen LogP contribution in [0.2, 0.25) is 5.02 Å². The van der Waals surface area contributed by atoms with Crippen molar-refractivity contribution < 1.29 is 14.3 Å². The quantitative estimate of drug-likeness (QED) is 0.777. The molecule has 2 aromatic rings. The van der Waals surface area contributed by atoms with Crippen LogP contribution in [0.15, 0.2) is 48.5 Å². The minimum atomic E-state index is -0.678. The fourth-order valence-electron chi connectivity index (χ4n) is 3.08. The van der Waals surface area contributed by atoms with Crippen molar-refractivity contribution in [2.24, 2.45) is 0 Å². The Labute approximate surface area is 169 Å². The van der Waals surface area contributed by atoms with Gasteiger partial charge in [0.05, 0.1) is 12.2 Å². The van der Waals surface area contributed by atoms with Gasteiger partial charge in [-0.2, -0.15) is 0 Å². The largest absolute Gasteiger partial charge is 0.477 e. The number of para-hydroxylation sites is 2. The van der Waals surface area contributed by atoms with E-state index >= 15 is 0 Å². The maximum Gasteiger partial charge on any atom is 0.262 e. The summed E-state index contributed by atoms with van der Waals surface area (Å²) in [6.07, 6.45) is 0.167. The number of hydrogen-bond donors (Lipinski definition) is 2. The van der Waals surface area contributed by atoms with E-state index in [2.05, 4.69) is 10.6 Å². The fraction of sp³-hybridized carbons (Fsp3) is 0.333. The van der Waals surface area contributed by atoms with E-state index in [9.17, 15) is 9.59 Å². The first-order valence-corrected chi connectivity index (χ1v) is 9.74. The van der Waals surface area contributed by atoms with E-state index in [1.807, 2.05) is 43.0 Å². The summed E-state index contributed by atoms with van der Waals surface area (Å²) in [7, 11) is 0. The van der Waals surface area contributed by atoms with E-state index in [0.717, 1.165) is 12.1 Å². The van der Waals surface area contributed by atoms with Gasteiger partial charge in [-0.25, -0.2) is 0 Å². The van der Waals surface area contributed by atoms with Gasteiger partial charge in [0.15, 0.2) is 6.10 Å². The number of carbonyl (C=O) groups is 2. The molecule has 0 bridgehead atoms. The molecule has 2 atom stereocenters. The molecule has 0 saturated carbocycles. The van der Waals surface area contributed by atoms with Crippen molar-refractivity contribution in [3.63, 3.8) is 0 Å². The number of carbonyl (C=O) groups excluding carboxylic acids is 2. The first-order chi connectivity index (χ1) is 13.5. The Hall–Kier alpha value is -2.73. The van der Waals surface area contributed by atoms with Crippen LogP contribution in [0.1, 0.15) is 20.3 Å². The van der Waals surface area contributed by atoms with E-state index < -0.39 is 12.1 Å². The number of amides is 2. The lowest BCUT2D eigenvalue weighted by molar-refractivity contribution is -0.128. The molecular formula is C21H24ClN3O3. The Morgan fingerprint density at radius 3 is 2.79 bits per heavy atom. The van der Waals surface area contributed by atoms with E-state index in [4.69, 9.17) is 16.3 Å². The second-order valence-corrected chi connectivity index (χ2v) is 7.13. The summed E-state index contributed by atoms with van der Waals surface area (Å²) in [6, 6.07) is 13.9. The van der Waals surface area contributed by atoms with Crippen LogP contribution < -0.4 is 20.3 Å². The minimum absolute atomic E-state index is 0.177. The molecule has 2 amide bonds. The van der Waals surface area contributed by atoms with Crippen molar-refractivity contribution in [2.45, 2.75) is 32.4 Å². The van der Waals surface area contributed by atoms with Crippen molar-refractivity contribution in [3.8, 4) is 5.75 Å². The SMILES string of the molecule is CCCNC(=O)[C@@H]1CN([C@@H](C)C(=O)Nc2cccc(Cl)c2)c2ccccc2O1. The molecule has 1 aliphatic heterocycles. The lowest BCUT2D eigenvalue weighted by atomic mass is 10.1. The number of fused-ring (bicyclic) bond motifs is 1. The van der Waals surface area contributed by atoms with Gasteiger partial charge in [0.2, 0.25) is 5.91 Å². The van der Waals surface area contributed by atoms with E-state index in [0.29, 0.717) is 23.0 Å². The molecule has 0 radical (unpaired) electrons. The van der Waals surface area contributed by atoms with Crippen LogP contribution in [-0.2, 0) is 9.59 Å². The standard InChI is InChI=1S/C21H24ClN3O3/c1-3-11-23-21(27)19-13-25(17-9-4-5-10-18(17)28-19)14(2)20(26)24-16-8-6-7-15(22)12-16/h4-10,12,14,19H,3,11,13H2,1-2H3,(H,23,27)(H,24,26)/t14-,19-/m0/s1. The molecule has 6 nitrogen and oxygen atoms in total. The normalized spacial score (nSPS) is 16.5. The molecule has 0 aliphatic carbocycles. The molecule has 2 N–H and O–H groups in total. The number of halogens is 1. The van der Waals surface area contributed by atoms with Crippen molar-refractivity contribution in [1.29, 1.82) is 0 Å². The summed E-state index contributed by atoms with van der Waals surface area (Å²) in [4.78, 5) is 27.2. The molecule has 3 rings (SSSR count). The molecule has 148 valence electrons. The number of nitrogens with one attached hydrogen (secondary N) is 2. The first kappa shape index (κ1) is 20.0. The van der Waals surface area contributed by atoms with Gasteiger partial charge in [-0.3, -0.25) is 9.59 Å². The molecule has 7 heteroatoms. The number of nitrogens with zero attached hydrogens (tertiary/aromatic N) is 1. The number of ether oxygens (including phenoxy) is 1. The fourth-order valence-corrected chi connectivity index (χ4v) is 3.27. The molecule has 0 saturated heterocycles. The monoisotopic (exact) mass is 401 g/mol. The highest BCUT2D eigenvalue weighted by atomic mass is 35.5. The van der Waals surface area contributed by atoms with Gasteiger partial charge in [0.25, 0.3) is 5.91 Å². The Bertz CT molecular complexity index is 858. The smallest absolute Gasteiger partial charge is 0.262 e. The average Bonchev–Trinajstić information content (AvgIpc) is 2.70. The third kappa shape index (κ3) is 4.57. The summed E-state index contributed by atoms with van der Waals surface area (Å²) >= 11 is 6.00. The summed E-state index contributed by atoms with van der Waals surface area (Å²) in [5.41, 5.74) is 1.42. The zero-order valence-electron chi connectivity index (χ0n) is 15.9. The Morgan fingerprint density at radius 1 is 1.25 bits per heavy atom. The van der Waals surface area contributed by atoms with Gasteiger partial charge in [0, 0.05) is 17.3 Å². The van der Waals surface area contributed by atoms with Crippen LogP contribution >= 0.6 is 11.6 Å². The van der Waals surface area contributed by atoms with Crippen LogP contribution in [0.4, 0.5) is 11.4 Å². The van der Waals surface area contributed by atoms with Crippen molar-refractivity contribution >= 4 is 34.8 Å². The molecular weight excluding hydrogens is 378 g/mol. The van der Waals surface area contributed by atoms with Gasteiger partial charge >= 0.3 is 0 Å². The van der Waals surface area contributed by atoms with Gasteiger partial charge in [-0.15, -0.1) is 0 Å². The van der Waals surface area contributed by atoms with Gasteiger partial charge < -0.3 is 20.3 Å². The van der Waals surface area contributed by atoms with Gasteiger partial charge in [0.1, 0.15) is 11.8 Å². The van der Waals surface area contributed by atoms with Crippen LogP contribution in [0.3, 0.4) is 0 Å². The molecule has 1 heterocycles. The van der Waals surface area contributed by atoms with Crippen LogP contribution in [0.5, 0.6) is 5.75 Å². The molecule has 0 unspecified atom stereocenters. The Morgan fingerprint density at radius 2 is 2.04 bits per heavy atom. The van der Waals surface area contributed by atoms with Gasteiger partial charge in [-0.05, 0) is 43.7 Å². The maximum atomic E-state index is 12.8. The van der Waals surface area contributed by atoms with Crippen molar-refractivity contribution in [2.75, 3.05) is 23.3 Å². The zero-order valence-corrected chi connectivity index (χ0v) is 16.7. The second kappa shape index (κ2) is 8.97. The first-order valence-electron chi connectivity index (χ1n) is 9.36. The van der Waals surface area contributed by atoms with E-state index in [1.54, 1.807) is 24.3 Å². The third-order valence-corrected chi connectivity index (χ3v) is 4.82. The second-order valence-electron chi connectivity index (χ2n) is 6.69. The van der Waals surface area contributed by atoms with Crippen LogP contribution in [0.25, 0.3) is 0 Å². The number of benzene rings is 2. The maximum absolute atomic E-state index is 12.8. The highest BCUT2D eigenvalue weighted by molar-refractivity contribution is 6.30. The number of rotatable bonds is 6. The van der Waals surface area contributed by atoms with Crippen molar-refractivity contribution in [3.05, 3.63) is 53.6 Å². The highest BCUT2D eigenvalue weighted by Crippen LogP contribution is 2.34. The van der Waals surface area contributed by atoms with E-state index in [-0.39, 0.29) is 18.4 Å². The molecule has 28 heavy (non-hydrogen) atoms. The lowest BCUT2D eigenvalue weighted by Gasteiger charge is -2.38. The Kier molecular flexibility index (Phi) is 6.41. The number of hydrogen-bond acceptors (Lipinski definition) is 4. The predicted octanol–water partition coefficient (Wildman–Crippen LogP) is 3.46. The van der Waals surface area contributed by atoms with Crippen LogP contribution in [0, 0.1) is 0 Å². The van der Waals surface area contributed by atoms with Gasteiger partial charge in [-0.1, -0.05) is 36.7 Å². The van der Waals surface area contributed by atoms with Crippen LogP contribution in [-0.4, -0.2) is 37.0 Å². The molecule has 0 spiro atoms. The topological polar surface area (TPSA) is 70.7 Å². The summed E-state index contributed by atoms with van der Waals surface area (Å²) in [5, 5.41) is 6.30. The molecule has 0 fully saturated rings. The highest BCUT2D eigenvalue weighted by Gasteiger charge is 2.34. The summed E-state index contributed by atoms with van der Waals surface area (Å²) in [6.45, 7) is 4.68. The lowest BCUT2D eigenvalue weighted by Crippen LogP contribution is -2.54. The minimum Gasteiger partial charge on any atom is -0.477 e. The predicted molar refractivity (Wildman–Crippen MR) is 111 cm³/mol. The molecule has 2 aromatic carbocycles. The number of anilines is 2. The zero-order chi connectivity index (χ0) is 20.1. The molecule has 0 aromatic heterocycles. The summed E-state index contributed by atoms with van der Waals surface area (Å²) < 4.78 is 5.88. The van der Waals surface area contributed by atoms with Crippen molar-refractivity contribution in [1.82, 2.24) is 5.32 Å². The van der Waals surface area contributed by atoms with E-state index in [1.165, 1.54) is 0 Å². The molecule has 1 aliphatic rings. The average molecular weight is 402 g/mol. The summed E-state index contributed by atoms with van der Waals surface area (Å²) in [5.74, 6) is 0.225. The Balaban J connectivity index is 1.79. The third-order valence-electron chi connectivity index (χ3n) is 4.59.